The third-order valence-electron chi connectivity index (χ3n) is 4.57. The van der Waals surface area contributed by atoms with Crippen LogP contribution in [0.3, 0.4) is 0 Å². The monoisotopic (exact) mass is 333 g/mol. The van der Waals surface area contributed by atoms with Crippen molar-refractivity contribution in [3.63, 3.8) is 0 Å². The van der Waals surface area contributed by atoms with Crippen molar-refractivity contribution in [1.29, 1.82) is 0 Å². The van der Waals surface area contributed by atoms with Gasteiger partial charge in [0.15, 0.2) is 11.5 Å². The van der Waals surface area contributed by atoms with Crippen molar-refractivity contribution in [3.05, 3.63) is 10.6 Å². The Hall–Kier alpha value is -1.43. The van der Waals surface area contributed by atoms with Gasteiger partial charge in [-0.15, -0.1) is 0 Å². The molecule has 0 amide bonds. The van der Waals surface area contributed by atoms with Crippen LogP contribution >= 0.6 is 12.2 Å². The quantitative estimate of drug-likeness (QED) is 0.774. The molecule has 126 valence electrons. The van der Waals surface area contributed by atoms with E-state index < -0.39 is 0 Å². The highest BCUT2D eigenvalue weighted by Crippen LogP contribution is 2.26. The lowest BCUT2D eigenvalue weighted by atomic mass is 9.95. The van der Waals surface area contributed by atoms with E-state index in [0.29, 0.717) is 16.7 Å². The fraction of sp³-hybridized carbons (Fsp3) is 0.706. The summed E-state index contributed by atoms with van der Waals surface area (Å²) in [7, 11) is 0. The van der Waals surface area contributed by atoms with E-state index in [1.807, 2.05) is 0 Å². The van der Waals surface area contributed by atoms with Crippen LogP contribution in [0.1, 0.15) is 71.0 Å². The summed E-state index contributed by atoms with van der Waals surface area (Å²) in [6.07, 6.45) is 7.38. The van der Waals surface area contributed by atoms with Gasteiger partial charge >= 0.3 is 0 Å². The van der Waals surface area contributed by atoms with Crippen molar-refractivity contribution in [1.82, 2.24) is 19.5 Å². The Labute approximate surface area is 142 Å². The Balaban J connectivity index is 2.06. The fourth-order valence-corrected chi connectivity index (χ4v) is 3.56. The molecule has 1 aliphatic rings. The Kier molecular flexibility index (Phi) is 4.99. The number of aryl methyl sites for hydroxylation is 1. The zero-order valence-corrected chi connectivity index (χ0v) is 15.2. The van der Waals surface area contributed by atoms with Gasteiger partial charge in [0.1, 0.15) is 11.3 Å². The second kappa shape index (κ2) is 6.99. The molecule has 0 atom stereocenters. The number of imidazole rings is 1. The topological polar surface area (TPSA) is 58.5 Å². The van der Waals surface area contributed by atoms with E-state index in [1.165, 1.54) is 32.1 Å². The molecule has 23 heavy (non-hydrogen) atoms. The van der Waals surface area contributed by atoms with E-state index in [4.69, 9.17) is 17.2 Å². The third kappa shape index (κ3) is 3.42. The minimum Gasteiger partial charge on any atom is -0.365 e. The number of hydrogen-bond donors (Lipinski definition) is 2. The van der Waals surface area contributed by atoms with Gasteiger partial charge in [-0.25, -0.2) is 9.97 Å². The van der Waals surface area contributed by atoms with E-state index in [9.17, 15) is 0 Å². The van der Waals surface area contributed by atoms with Crippen LogP contribution < -0.4 is 5.32 Å². The van der Waals surface area contributed by atoms with Gasteiger partial charge in [0.25, 0.3) is 0 Å². The summed E-state index contributed by atoms with van der Waals surface area (Å²) in [5.74, 6) is 2.23. The molecule has 2 aromatic rings. The van der Waals surface area contributed by atoms with E-state index in [1.54, 1.807) is 0 Å². The average Bonchev–Trinajstić information content (AvgIpc) is 2.98. The minimum atomic E-state index is 0.355. The molecular formula is C17H27N5S. The third-order valence-corrected chi connectivity index (χ3v) is 4.89. The number of anilines is 1. The summed E-state index contributed by atoms with van der Waals surface area (Å²) in [4.78, 5) is 13.0. The molecule has 3 rings (SSSR count). The van der Waals surface area contributed by atoms with Crippen LogP contribution in [0.4, 0.5) is 5.82 Å². The molecule has 0 unspecified atom stereocenters. The van der Waals surface area contributed by atoms with Crippen molar-refractivity contribution < 1.29 is 0 Å². The molecule has 2 heterocycles. The highest BCUT2D eigenvalue weighted by atomic mass is 32.1. The number of H-pyrrole nitrogens is 1. The van der Waals surface area contributed by atoms with Gasteiger partial charge in [0.05, 0.1) is 0 Å². The highest BCUT2D eigenvalue weighted by molar-refractivity contribution is 7.71. The number of rotatable bonds is 5. The molecule has 0 bridgehead atoms. The molecule has 5 nitrogen and oxygen atoms in total. The molecule has 0 spiro atoms. The summed E-state index contributed by atoms with van der Waals surface area (Å²) in [6, 6.07) is 0.502. The molecule has 1 saturated carbocycles. The van der Waals surface area contributed by atoms with Gasteiger partial charge in [-0.1, -0.05) is 40.0 Å². The predicted octanol–water partition coefficient (Wildman–Crippen LogP) is 4.77. The second-order valence-corrected chi connectivity index (χ2v) is 7.21. The van der Waals surface area contributed by atoms with Gasteiger partial charge in [-0.2, -0.15) is 0 Å². The number of aromatic amines is 1. The molecule has 0 saturated heterocycles. The molecule has 2 N–H and O–H groups in total. The van der Waals surface area contributed by atoms with Crippen LogP contribution in [0.2, 0.25) is 0 Å². The second-order valence-electron chi connectivity index (χ2n) is 6.85. The first-order valence-electron chi connectivity index (χ1n) is 8.87. The summed E-state index contributed by atoms with van der Waals surface area (Å²) >= 11 is 5.53. The SMILES string of the molecule is CCCn1c(=S)nc(NC2CCCCC2)c2[nH]c(C(C)C)nc21. The van der Waals surface area contributed by atoms with E-state index >= 15 is 0 Å². The maximum atomic E-state index is 5.53. The first-order chi connectivity index (χ1) is 11.1. The Bertz CT molecular complexity index is 724. The zero-order valence-electron chi connectivity index (χ0n) is 14.4. The molecule has 0 aromatic carbocycles. The van der Waals surface area contributed by atoms with Crippen molar-refractivity contribution in [3.8, 4) is 0 Å². The van der Waals surface area contributed by atoms with E-state index in [2.05, 4.69) is 40.6 Å². The summed E-state index contributed by atoms with van der Waals surface area (Å²) in [5.41, 5.74) is 1.94. The minimum absolute atomic E-state index is 0.355. The molecule has 1 aliphatic carbocycles. The Morgan fingerprint density at radius 2 is 2.00 bits per heavy atom. The molecule has 1 fully saturated rings. The standard InChI is InChI=1S/C17H27N5S/c1-4-10-22-16-13(19-14(20-16)11(2)3)15(21-17(22)23)18-12-8-6-5-7-9-12/h11-12H,4-10H2,1-3H3,(H,19,20)(H,18,21,23). The van der Waals surface area contributed by atoms with Crippen molar-refractivity contribution >= 4 is 29.2 Å². The van der Waals surface area contributed by atoms with E-state index in [-0.39, 0.29) is 0 Å². The Morgan fingerprint density at radius 1 is 1.26 bits per heavy atom. The lowest BCUT2D eigenvalue weighted by molar-refractivity contribution is 0.462. The normalized spacial score (nSPS) is 16.3. The number of aromatic nitrogens is 4. The summed E-state index contributed by atoms with van der Waals surface area (Å²) in [6.45, 7) is 7.31. The number of fused-ring (bicyclic) bond motifs is 1. The average molecular weight is 334 g/mol. The van der Waals surface area contributed by atoms with Gasteiger partial charge in [0, 0.05) is 18.5 Å². The van der Waals surface area contributed by atoms with Gasteiger partial charge in [-0.05, 0) is 31.5 Å². The van der Waals surface area contributed by atoms with Crippen LogP contribution in [-0.2, 0) is 6.54 Å². The summed E-state index contributed by atoms with van der Waals surface area (Å²) in [5, 5.41) is 3.62. The molecule has 2 aromatic heterocycles. The number of nitrogens with zero attached hydrogens (tertiary/aromatic N) is 3. The lowest BCUT2D eigenvalue weighted by Gasteiger charge is -2.23. The maximum Gasteiger partial charge on any atom is 0.203 e. The van der Waals surface area contributed by atoms with Crippen LogP contribution in [0.5, 0.6) is 0 Å². The fourth-order valence-electron chi connectivity index (χ4n) is 3.29. The highest BCUT2D eigenvalue weighted by Gasteiger charge is 2.19. The van der Waals surface area contributed by atoms with Crippen LogP contribution in [-0.4, -0.2) is 25.6 Å². The summed E-state index contributed by atoms with van der Waals surface area (Å²) < 4.78 is 2.68. The van der Waals surface area contributed by atoms with Crippen LogP contribution in [0, 0.1) is 4.77 Å². The smallest absolute Gasteiger partial charge is 0.203 e. The van der Waals surface area contributed by atoms with Gasteiger partial charge in [-0.3, -0.25) is 4.57 Å². The van der Waals surface area contributed by atoms with E-state index in [0.717, 1.165) is 35.8 Å². The Morgan fingerprint density at radius 3 is 2.65 bits per heavy atom. The molecule has 6 heteroatoms. The largest absolute Gasteiger partial charge is 0.365 e. The van der Waals surface area contributed by atoms with Gasteiger partial charge in [0.2, 0.25) is 4.77 Å². The van der Waals surface area contributed by atoms with Crippen molar-refractivity contribution in [2.75, 3.05) is 5.32 Å². The first-order valence-corrected chi connectivity index (χ1v) is 9.28. The van der Waals surface area contributed by atoms with Crippen molar-refractivity contribution in [2.45, 2.75) is 77.8 Å². The molecular weight excluding hydrogens is 306 g/mol. The van der Waals surface area contributed by atoms with Crippen LogP contribution in [0.25, 0.3) is 11.2 Å². The lowest BCUT2D eigenvalue weighted by Crippen LogP contribution is -2.23. The van der Waals surface area contributed by atoms with Gasteiger partial charge < -0.3 is 10.3 Å². The van der Waals surface area contributed by atoms with Crippen molar-refractivity contribution in [2.24, 2.45) is 0 Å². The molecule has 0 radical (unpaired) electrons. The number of nitrogens with one attached hydrogen (secondary N) is 2. The maximum absolute atomic E-state index is 5.53. The van der Waals surface area contributed by atoms with Crippen LogP contribution in [0.15, 0.2) is 0 Å². The zero-order chi connectivity index (χ0) is 16.4. The number of hydrogen-bond acceptors (Lipinski definition) is 4. The molecule has 0 aliphatic heterocycles. The first kappa shape index (κ1) is 16.4. The predicted molar refractivity (Wildman–Crippen MR) is 97.6 cm³/mol.